The molecular formula is C44H30N4. The highest BCUT2D eigenvalue weighted by molar-refractivity contribution is 6.06. The van der Waals surface area contributed by atoms with Crippen LogP contribution in [0.25, 0.3) is 73.8 Å². The average Bonchev–Trinajstić information content (AvgIpc) is 3.94. The van der Waals surface area contributed by atoms with Gasteiger partial charge in [-0.05, 0) is 83.4 Å². The molecule has 0 atom stereocenters. The molecular weight excluding hydrogens is 585 g/mol. The molecule has 4 aromatic carbocycles. The van der Waals surface area contributed by atoms with Crippen molar-refractivity contribution in [3.63, 3.8) is 0 Å². The van der Waals surface area contributed by atoms with E-state index in [2.05, 4.69) is 186 Å². The van der Waals surface area contributed by atoms with Gasteiger partial charge in [-0.25, -0.2) is 9.97 Å². The summed E-state index contributed by atoms with van der Waals surface area (Å²) in [5.41, 5.74) is 15.3. The SMILES string of the molecule is C1=Cc2cc3cc(-c4ccccc4)c(c(-c4ccccc4)c4nc(cc5ccc(cc1n2)[nH]5)C=C4c1ccccc1)n3-c1ccccc1. The van der Waals surface area contributed by atoms with Gasteiger partial charge in [-0.1, -0.05) is 109 Å². The first kappa shape index (κ1) is 27.8. The van der Waals surface area contributed by atoms with Crippen LogP contribution in [0.15, 0.2) is 158 Å². The third-order valence-corrected chi connectivity index (χ3v) is 8.85. The minimum absolute atomic E-state index is 0.886. The van der Waals surface area contributed by atoms with Gasteiger partial charge in [0.15, 0.2) is 0 Å². The molecule has 7 aromatic rings. The van der Waals surface area contributed by atoms with E-state index >= 15 is 0 Å². The van der Waals surface area contributed by atoms with Gasteiger partial charge in [0, 0.05) is 38.9 Å². The fraction of sp³-hybridized carbons (Fsp3) is 0. The second-order valence-electron chi connectivity index (χ2n) is 12.0. The van der Waals surface area contributed by atoms with E-state index in [0.717, 1.165) is 83.9 Å². The molecule has 0 saturated heterocycles. The smallest absolute Gasteiger partial charge is 0.0815 e. The zero-order valence-electron chi connectivity index (χ0n) is 26.1. The molecule has 2 aliphatic heterocycles. The second kappa shape index (κ2) is 11.7. The summed E-state index contributed by atoms with van der Waals surface area (Å²) in [6, 6.07) is 55.4. The third kappa shape index (κ3) is 5.06. The van der Waals surface area contributed by atoms with Crippen LogP contribution in [-0.2, 0) is 0 Å². The largest absolute Gasteiger partial charge is 0.355 e. The fourth-order valence-corrected chi connectivity index (χ4v) is 6.73. The number of nitrogens with one attached hydrogen (secondary N) is 1. The minimum atomic E-state index is 0.886. The van der Waals surface area contributed by atoms with Crippen LogP contribution in [0.2, 0.25) is 0 Å². The van der Waals surface area contributed by atoms with Crippen LogP contribution in [0.4, 0.5) is 0 Å². The van der Waals surface area contributed by atoms with Crippen LogP contribution in [0, 0.1) is 0 Å². The fourth-order valence-electron chi connectivity index (χ4n) is 6.73. The van der Waals surface area contributed by atoms with Gasteiger partial charge in [0.2, 0.25) is 0 Å². The van der Waals surface area contributed by atoms with Gasteiger partial charge in [0.25, 0.3) is 0 Å². The average molecular weight is 615 g/mol. The minimum Gasteiger partial charge on any atom is -0.355 e. The zero-order valence-corrected chi connectivity index (χ0v) is 26.1. The predicted molar refractivity (Wildman–Crippen MR) is 199 cm³/mol. The van der Waals surface area contributed by atoms with Crippen LogP contribution in [0.1, 0.15) is 28.3 Å². The molecule has 0 saturated carbocycles. The number of hydrogen-bond donors (Lipinski definition) is 1. The maximum atomic E-state index is 5.46. The number of benzene rings is 4. The molecule has 0 unspecified atom stereocenters. The molecule has 0 amide bonds. The zero-order chi connectivity index (χ0) is 31.9. The van der Waals surface area contributed by atoms with Crippen molar-refractivity contribution >= 4 is 45.9 Å². The Morgan fingerprint density at radius 1 is 0.479 bits per heavy atom. The molecule has 9 rings (SSSR count). The summed E-state index contributed by atoms with van der Waals surface area (Å²) in [5, 5.41) is 0. The van der Waals surface area contributed by atoms with Crippen molar-refractivity contribution in [3.8, 4) is 27.9 Å². The van der Waals surface area contributed by atoms with E-state index in [4.69, 9.17) is 9.97 Å². The Bertz CT molecular complexity index is 2520. The molecule has 5 heterocycles. The molecule has 4 heteroatoms. The predicted octanol–water partition coefficient (Wildman–Crippen LogP) is 10.9. The van der Waals surface area contributed by atoms with Crippen molar-refractivity contribution in [1.29, 1.82) is 0 Å². The molecule has 4 nitrogen and oxygen atoms in total. The number of para-hydroxylation sites is 1. The number of aromatic amines is 1. The van der Waals surface area contributed by atoms with Gasteiger partial charge in [-0.3, -0.25) is 0 Å². The number of fused-ring (bicyclic) bond motifs is 8. The van der Waals surface area contributed by atoms with Crippen molar-refractivity contribution in [3.05, 3.63) is 186 Å². The van der Waals surface area contributed by atoms with E-state index in [1.807, 2.05) is 0 Å². The topological polar surface area (TPSA) is 46.5 Å². The van der Waals surface area contributed by atoms with Crippen molar-refractivity contribution < 1.29 is 0 Å². The Morgan fingerprint density at radius 3 is 1.71 bits per heavy atom. The van der Waals surface area contributed by atoms with Gasteiger partial charge in [-0.15, -0.1) is 0 Å². The highest BCUT2D eigenvalue weighted by Gasteiger charge is 2.23. The number of nitrogens with zero attached hydrogens (tertiary/aromatic N) is 3. The highest BCUT2D eigenvalue weighted by atomic mass is 15.0. The van der Waals surface area contributed by atoms with Gasteiger partial charge in [-0.2, -0.15) is 0 Å². The molecule has 0 spiro atoms. The maximum absolute atomic E-state index is 5.46. The summed E-state index contributed by atoms with van der Waals surface area (Å²) in [7, 11) is 0. The van der Waals surface area contributed by atoms with E-state index in [0.29, 0.717) is 0 Å². The Hall–Kier alpha value is -6.52. The Kier molecular flexibility index (Phi) is 6.76. The Morgan fingerprint density at radius 2 is 1.04 bits per heavy atom. The Labute approximate surface area is 278 Å². The van der Waals surface area contributed by atoms with Crippen molar-refractivity contribution in [1.82, 2.24) is 19.5 Å². The monoisotopic (exact) mass is 614 g/mol. The molecule has 1 N–H and O–H groups in total. The first-order chi connectivity index (χ1) is 23.8. The van der Waals surface area contributed by atoms with Gasteiger partial charge in [0.1, 0.15) is 0 Å². The summed E-state index contributed by atoms with van der Waals surface area (Å²) < 4.78 is 2.37. The normalized spacial score (nSPS) is 12.2. The summed E-state index contributed by atoms with van der Waals surface area (Å²) in [5.74, 6) is 0. The molecule has 0 radical (unpaired) electrons. The van der Waals surface area contributed by atoms with Crippen LogP contribution in [0.5, 0.6) is 0 Å². The molecule has 48 heavy (non-hydrogen) atoms. The first-order valence-electron chi connectivity index (χ1n) is 16.2. The van der Waals surface area contributed by atoms with E-state index in [9.17, 15) is 0 Å². The van der Waals surface area contributed by atoms with Crippen molar-refractivity contribution in [2.45, 2.75) is 0 Å². The van der Waals surface area contributed by atoms with E-state index < -0.39 is 0 Å². The summed E-state index contributed by atoms with van der Waals surface area (Å²) >= 11 is 0. The summed E-state index contributed by atoms with van der Waals surface area (Å²) in [4.78, 5) is 14.0. The lowest BCUT2D eigenvalue weighted by atomic mass is 9.93. The van der Waals surface area contributed by atoms with Crippen LogP contribution < -0.4 is 0 Å². The number of hydrogen-bond acceptors (Lipinski definition) is 2. The number of rotatable bonds is 4. The number of H-pyrrole nitrogens is 1. The molecule has 3 aromatic heterocycles. The number of aromatic nitrogens is 4. The maximum Gasteiger partial charge on any atom is 0.0815 e. The van der Waals surface area contributed by atoms with Crippen LogP contribution >= 0.6 is 0 Å². The lowest BCUT2D eigenvalue weighted by molar-refractivity contribution is 1.17. The van der Waals surface area contributed by atoms with E-state index in [1.54, 1.807) is 0 Å². The third-order valence-electron chi connectivity index (χ3n) is 8.85. The second-order valence-corrected chi connectivity index (χ2v) is 12.0. The molecule has 226 valence electrons. The summed E-state index contributed by atoms with van der Waals surface area (Å²) in [6.45, 7) is 0. The molecule has 2 aliphatic rings. The highest BCUT2D eigenvalue weighted by Crippen LogP contribution is 2.43. The lowest BCUT2D eigenvalue weighted by Crippen LogP contribution is -1.98. The van der Waals surface area contributed by atoms with Gasteiger partial charge < -0.3 is 9.55 Å². The molecule has 0 aliphatic carbocycles. The van der Waals surface area contributed by atoms with Gasteiger partial charge >= 0.3 is 0 Å². The first-order valence-corrected chi connectivity index (χ1v) is 16.2. The lowest BCUT2D eigenvalue weighted by Gasteiger charge is -2.15. The quantitative estimate of drug-likeness (QED) is 0.214. The van der Waals surface area contributed by atoms with Crippen LogP contribution in [-0.4, -0.2) is 19.5 Å². The van der Waals surface area contributed by atoms with E-state index in [-0.39, 0.29) is 0 Å². The molecule has 0 fully saturated rings. The Balaban J connectivity index is 1.56. The van der Waals surface area contributed by atoms with Crippen molar-refractivity contribution in [2.75, 3.05) is 0 Å². The molecule has 8 bridgehead atoms. The van der Waals surface area contributed by atoms with Crippen LogP contribution in [0.3, 0.4) is 0 Å². The van der Waals surface area contributed by atoms with Gasteiger partial charge in [0.05, 0.1) is 28.3 Å². The standard InChI is InChI=1S/C44H30N4/c1-5-13-30(14-6-1)40-28-37-26-35-22-21-33(45-35)25-34-23-24-36(46-34)27-39-29-41(31-15-7-2-8-16-31)44(48(39)38-19-11-4-12-20-38)42(43(40)47-37)32-17-9-3-10-18-32/h1-29,45H. The van der Waals surface area contributed by atoms with E-state index in [1.165, 1.54) is 0 Å². The van der Waals surface area contributed by atoms with Crippen molar-refractivity contribution in [2.24, 2.45) is 0 Å². The summed E-state index contributed by atoms with van der Waals surface area (Å²) in [6.07, 6.45) is 6.37.